The van der Waals surface area contributed by atoms with Crippen molar-refractivity contribution in [1.82, 2.24) is 0 Å². The van der Waals surface area contributed by atoms with Crippen molar-refractivity contribution in [2.24, 2.45) is 5.73 Å². The van der Waals surface area contributed by atoms with E-state index in [2.05, 4.69) is 15.9 Å². The van der Waals surface area contributed by atoms with Crippen LogP contribution in [0.1, 0.15) is 12.0 Å². The average Bonchev–Trinajstić information content (AvgIpc) is 2.10. The summed E-state index contributed by atoms with van der Waals surface area (Å²) in [4.78, 5) is 0. The Kier molecular flexibility index (Phi) is 4.51. The van der Waals surface area contributed by atoms with Crippen LogP contribution in [0, 0.1) is 5.82 Å². The first-order valence-corrected chi connectivity index (χ1v) is 5.25. The van der Waals surface area contributed by atoms with Gasteiger partial charge >= 0.3 is 0 Å². The summed E-state index contributed by atoms with van der Waals surface area (Å²) in [6.07, 6.45) is 0.601. The third-order valence-corrected chi connectivity index (χ3v) is 2.71. The number of halogens is 2. The van der Waals surface area contributed by atoms with Gasteiger partial charge in [-0.1, -0.05) is 22.0 Å². The third-order valence-electron chi connectivity index (χ3n) is 1.97. The van der Waals surface area contributed by atoms with Crippen LogP contribution in [0.15, 0.2) is 22.7 Å². The van der Waals surface area contributed by atoms with Crippen molar-refractivity contribution < 1.29 is 9.50 Å². The smallest absolute Gasteiger partial charge is 0.124 e. The lowest BCUT2D eigenvalue weighted by Crippen LogP contribution is -2.16. The van der Waals surface area contributed by atoms with Gasteiger partial charge in [0, 0.05) is 4.47 Å². The van der Waals surface area contributed by atoms with Crippen molar-refractivity contribution in [2.45, 2.75) is 18.9 Å². The summed E-state index contributed by atoms with van der Waals surface area (Å²) in [5, 5.41) is 9.50. The molecule has 0 fully saturated rings. The van der Waals surface area contributed by atoms with E-state index in [-0.39, 0.29) is 5.82 Å². The summed E-state index contributed by atoms with van der Waals surface area (Å²) in [7, 11) is 0. The maximum absolute atomic E-state index is 12.7. The number of hydrogen-bond acceptors (Lipinski definition) is 2. The fraction of sp³-hybridized carbons (Fsp3) is 0.400. The van der Waals surface area contributed by atoms with Gasteiger partial charge < -0.3 is 10.8 Å². The van der Waals surface area contributed by atoms with Crippen LogP contribution in [0.4, 0.5) is 4.39 Å². The Morgan fingerprint density at radius 2 is 2.21 bits per heavy atom. The average molecular weight is 262 g/mol. The van der Waals surface area contributed by atoms with E-state index in [1.54, 1.807) is 6.07 Å². The summed E-state index contributed by atoms with van der Waals surface area (Å²) in [5.41, 5.74) is 6.21. The number of aliphatic hydroxyl groups is 1. The molecule has 0 aliphatic heterocycles. The van der Waals surface area contributed by atoms with Crippen molar-refractivity contribution in [3.8, 4) is 0 Å². The summed E-state index contributed by atoms with van der Waals surface area (Å²) in [6, 6.07) is 4.44. The summed E-state index contributed by atoms with van der Waals surface area (Å²) in [5.74, 6) is -0.283. The molecule has 0 amide bonds. The zero-order valence-corrected chi connectivity index (χ0v) is 9.30. The molecule has 2 nitrogen and oxygen atoms in total. The van der Waals surface area contributed by atoms with Gasteiger partial charge in [0.25, 0.3) is 0 Å². The molecule has 3 N–H and O–H groups in total. The highest BCUT2D eigenvalue weighted by Gasteiger charge is 2.07. The number of benzene rings is 1. The molecule has 0 aliphatic rings. The van der Waals surface area contributed by atoms with E-state index in [0.717, 1.165) is 5.56 Å². The minimum Gasteiger partial charge on any atom is -0.393 e. The van der Waals surface area contributed by atoms with E-state index >= 15 is 0 Å². The Labute approximate surface area is 91.1 Å². The van der Waals surface area contributed by atoms with Gasteiger partial charge in [0.2, 0.25) is 0 Å². The minimum atomic E-state index is -0.457. The van der Waals surface area contributed by atoms with Crippen LogP contribution in [0.25, 0.3) is 0 Å². The van der Waals surface area contributed by atoms with Gasteiger partial charge in [-0.2, -0.15) is 0 Å². The highest BCUT2D eigenvalue weighted by molar-refractivity contribution is 9.10. The van der Waals surface area contributed by atoms with Crippen LogP contribution in [0.2, 0.25) is 0 Å². The van der Waals surface area contributed by atoms with Gasteiger partial charge in [0.15, 0.2) is 0 Å². The second-order valence-corrected chi connectivity index (χ2v) is 4.03. The molecule has 1 aromatic rings. The molecular weight excluding hydrogens is 249 g/mol. The van der Waals surface area contributed by atoms with E-state index in [1.807, 2.05) is 0 Å². The summed E-state index contributed by atoms with van der Waals surface area (Å²) < 4.78 is 13.4. The lowest BCUT2D eigenvalue weighted by Gasteiger charge is -2.10. The normalized spacial score (nSPS) is 12.9. The molecule has 4 heteroatoms. The Hall–Kier alpha value is -0.450. The molecule has 1 rings (SSSR count). The van der Waals surface area contributed by atoms with Crippen LogP contribution >= 0.6 is 15.9 Å². The maximum atomic E-state index is 12.7. The zero-order chi connectivity index (χ0) is 10.6. The molecule has 1 aromatic carbocycles. The highest BCUT2D eigenvalue weighted by Crippen LogP contribution is 2.19. The molecule has 0 bridgehead atoms. The molecule has 0 aliphatic carbocycles. The molecule has 0 saturated heterocycles. The van der Waals surface area contributed by atoms with E-state index in [1.165, 1.54) is 12.1 Å². The molecule has 0 saturated carbocycles. The molecular formula is C10H13BrFNO. The van der Waals surface area contributed by atoms with Crippen LogP contribution < -0.4 is 5.73 Å². The monoisotopic (exact) mass is 261 g/mol. The van der Waals surface area contributed by atoms with E-state index in [0.29, 0.717) is 23.9 Å². The standard InChI is InChI=1S/C10H13BrFNO/c11-10-6-8(12)2-1-7(10)5-9(14)3-4-13/h1-2,6,9,14H,3-5,13H2. The molecule has 0 radical (unpaired) electrons. The van der Waals surface area contributed by atoms with Gasteiger partial charge in [-0.3, -0.25) is 0 Å². The fourth-order valence-electron chi connectivity index (χ4n) is 1.24. The number of aliphatic hydroxyl groups excluding tert-OH is 1. The Morgan fingerprint density at radius 3 is 2.79 bits per heavy atom. The Bertz CT molecular complexity index is 306. The fourth-order valence-corrected chi connectivity index (χ4v) is 1.75. The zero-order valence-electron chi connectivity index (χ0n) is 7.71. The first kappa shape index (κ1) is 11.6. The quantitative estimate of drug-likeness (QED) is 0.869. The number of rotatable bonds is 4. The molecule has 0 aromatic heterocycles. The molecule has 0 heterocycles. The van der Waals surface area contributed by atoms with Gasteiger partial charge in [0.1, 0.15) is 5.82 Å². The van der Waals surface area contributed by atoms with Crippen LogP contribution in [-0.4, -0.2) is 17.8 Å². The second-order valence-electron chi connectivity index (χ2n) is 3.17. The van der Waals surface area contributed by atoms with Crippen molar-refractivity contribution in [1.29, 1.82) is 0 Å². The van der Waals surface area contributed by atoms with Gasteiger partial charge in [0.05, 0.1) is 6.10 Å². The molecule has 78 valence electrons. The van der Waals surface area contributed by atoms with Crippen molar-refractivity contribution in [3.63, 3.8) is 0 Å². The number of hydrogen-bond donors (Lipinski definition) is 2. The first-order chi connectivity index (χ1) is 6.63. The lowest BCUT2D eigenvalue weighted by atomic mass is 10.1. The van der Waals surface area contributed by atoms with Gasteiger partial charge in [-0.15, -0.1) is 0 Å². The SMILES string of the molecule is NCCC(O)Cc1ccc(F)cc1Br. The molecule has 1 unspecified atom stereocenters. The first-order valence-electron chi connectivity index (χ1n) is 4.45. The second kappa shape index (κ2) is 5.44. The van der Waals surface area contributed by atoms with E-state index in [4.69, 9.17) is 5.73 Å². The largest absolute Gasteiger partial charge is 0.393 e. The minimum absolute atomic E-state index is 0.283. The molecule has 1 atom stereocenters. The van der Waals surface area contributed by atoms with Crippen LogP contribution in [0.3, 0.4) is 0 Å². The molecule has 14 heavy (non-hydrogen) atoms. The molecule has 0 spiro atoms. The van der Waals surface area contributed by atoms with E-state index in [9.17, 15) is 9.50 Å². The number of nitrogens with two attached hydrogens (primary N) is 1. The Balaban J connectivity index is 2.67. The third kappa shape index (κ3) is 3.36. The lowest BCUT2D eigenvalue weighted by molar-refractivity contribution is 0.167. The predicted molar refractivity (Wildman–Crippen MR) is 57.5 cm³/mol. The summed E-state index contributed by atoms with van der Waals surface area (Å²) >= 11 is 3.24. The van der Waals surface area contributed by atoms with E-state index < -0.39 is 6.10 Å². The highest BCUT2D eigenvalue weighted by atomic mass is 79.9. The van der Waals surface area contributed by atoms with Gasteiger partial charge in [-0.25, -0.2) is 4.39 Å². The van der Waals surface area contributed by atoms with Gasteiger partial charge in [-0.05, 0) is 37.1 Å². The topological polar surface area (TPSA) is 46.2 Å². The maximum Gasteiger partial charge on any atom is 0.124 e. The van der Waals surface area contributed by atoms with Crippen molar-refractivity contribution in [2.75, 3.05) is 6.54 Å². The summed E-state index contributed by atoms with van der Waals surface area (Å²) in [6.45, 7) is 0.458. The van der Waals surface area contributed by atoms with Crippen molar-refractivity contribution in [3.05, 3.63) is 34.1 Å². The van der Waals surface area contributed by atoms with Crippen LogP contribution in [0.5, 0.6) is 0 Å². The Morgan fingerprint density at radius 1 is 1.50 bits per heavy atom. The van der Waals surface area contributed by atoms with Crippen molar-refractivity contribution >= 4 is 15.9 Å². The predicted octanol–water partition coefficient (Wildman–Crippen LogP) is 1.84. The van der Waals surface area contributed by atoms with Crippen LogP contribution in [-0.2, 0) is 6.42 Å².